The summed E-state index contributed by atoms with van der Waals surface area (Å²) in [4.78, 5) is 0. The average Bonchev–Trinajstić information content (AvgIpc) is 2.37. The maximum atomic E-state index is 9.05. The molecule has 0 fully saturated rings. The van der Waals surface area contributed by atoms with Crippen LogP contribution in [0, 0.1) is 0 Å². The smallest absolute Gasteiger partial charge is 0.129 e. The highest BCUT2D eigenvalue weighted by Crippen LogP contribution is 2.13. The van der Waals surface area contributed by atoms with Crippen molar-refractivity contribution in [3.8, 4) is 0 Å². The standard InChI is InChI=1S/C7H10O2/c1-2-6(8)7-4-3-5-9-7/h2,4,6,8H,1,3,5H2/t6-/m0/s1. The van der Waals surface area contributed by atoms with Crippen LogP contribution in [0.5, 0.6) is 0 Å². The summed E-state index contributed by atoms with van der Waals surface area (Å²) in [5.41, 5.74) is 0. The summed E-state index contributed by atoms with van der Waals surface area (Å²) in [6.07, 6.45) is 3.64. The van der Waals surface area contributed by atoms with Gasteiger partial charge in [0.1, 0.15) is 11.9 Å². The average molecular weight is 126 g/mol. The first kappa shape index (κ1) is 6.36. The molecule has 1 aliphatic heterocycles. The van der Waals surface area contributed by atoms with Crippen molar-refractivity contribution in [2.45, 2.75) is 12.5 Å². The van der Waals surface area contributed by atoms with E-state index in [0.29, 0.717) is 12.4 Å². The lowest BCUT2D eigenvalue weighted by atomic mass is 10.3. The Kier molecular flexibility index (Phi) is 1.90. The third-order valence-corrected chi connectivity index (χ3v) is 1.25. The first-order valence-corrected chi connectivity index (χ1v) is 2.98. The van der Waals surface area contributed by atoms with Gasteiger partial charge >= 0.3 is 0 Å². The van der Waals surface area contributed by atoms with Crippen LogP contribution in [0.2, 0.25) is 0 Å². The molecule has 0 aromatic rings. The molecule has 1 rings (SSSR count). The Morgan fingerprint density at radius 2 is 2.67 bits per heavy atom. The van der Waals surface area contributed by atoms with Gasteiger partial charge in [-0.2, -0.15) is 0 Å². The molecule has 0 bridgehead atoms. The second kappa shape index (κ2) is 2.69. The highest BCUT2D eigenvalue weighted by atomic mass is 16.5. The van der Waals surface area contributed by atoms with Crippen molar-refractivity contribution in [3.63, 3.8) is 0 Å². The normalized spacial score (nSPS) is 20.3. The van der Waals surface area contributed by atoms with E-state index in [-0.39, 0.29) is 0 Å². The molecule has 0 spiro atoms. The molecular weight excluding hydrogens is 116 g/mol. The minimum Gasteiger partial charge on any atom is -0.495 e. The Labute approximate surface area is 54.5 Å². The lowest BCUT2D eigenvalue weighted by Crippen LogP contribution is -2.05. The number of aliphatic hydroxyl groups excluding tert-OH is 1. The summed E-state index contributed by atoms with van der Waals surface area (Å²) >= 11 is 0. The molecule has 50 valence electrons. The molecular formula is C7H10O2. The SMILES string of the molecule is C=C[C@H](O)C1=CCCO1. The number of ether oxygens (including phenoxy) is 1. The molecule has 0 aliphatic carbocycles. The molecule has 0 aromatic carbocycles. The minimum absolute atomic E-state index is 0.604. The summed E-state index contributed by atoms with van der Waals surface area (Å²) < 4.78 is 5.05. The summed E-state index contributed by atoms with van der Waals surface area (Å²) in [7, 11) is 0. The topological polar surface area (TPSA) is 29.5 Å². The maximum Gasteiger partial charge on any atom is 0.129 e. The van der Waals surface area contributed by atoms with Crippen LogP contribution in [0.4, 0.5) is 0 Å². The molecule has 1 N–H and O–H groups in total. The van der Waals surface area contributed by atoms with Crippen LogP contribution < -0.4 is 0 Å². The Morgan fingerprint density at radius 1 is 1.89 bits per heavy atom. The zero-order valence-electron chi connectivity index (χ0n) is 5.21. The molecule has 1 atom stereocenters. The molecule has 0 radical (unpaired) electrons. The Balaban J connectivity index is 2.50. The predicted octanol–water partition coefficient (Wildman–Crippen LogP) is 0.837. The molecule has 0 saturated heterocycles. The molecule has 0 amide bonds. The third kappa shape index (κ3) is 1.33. The van der Waals surface area contributed by atoms with Crippen LogP contribution >= 0.6 is 0 Å². The highest BCUT2D eigenvalue weighted by Gasteiger charge is 2.11. The number of hydrogen-bond acceptors (Lipinski definition) is 2. The van der Waals surface area contributed by atoms with Gasteiger partial charge in [0.15, 0.2) is 0 Å². The molecule has 0 saturated carbocycles. The fourth-order valence-corrected chi connectivity index (χ4v) is 0.759. The largest absolute Gasteiger partial charge is 0.495 e. The van der Waals surface area contributed by atoms with Crippen molar-refractivity contribution in [1.29, 1.82) is 0 Å². The van der Waals surface area contributed by atoms with Crippen molar-refractivity contribution in [2.75, 3.05) is 6.61 Å². The molecule has 2 nitrogen and oxygen atoms in total. The van der Waals surface area contributed by atoms with E-state index in [2.05, 4.69) is 6.58 Å². The molecule has 0 unspecified atom stereocenters. The number of rotatable bonds is 2. The van der Waals surface area contributed by atoms with Gasteiger partial charge in [0.05, 0.1) is 6.61 Å². The van der Waals surface area contributed by atoms with Gasteiger partial charge < -0.3 is 9.84 Å². The first-order valence-electron chi connectivity index (χ1n) is 2.98. The zero-order valence-corrected chi connectivity index (χ0v) is 5.21. The fraction of sp³-hybridized carbons (Fsp3) is 0.429. The second-order valence-corrected chi connectivity index (χ2v) is 1.92. The van der Waals surface area contributed by atoms with Crippen LogP contribution in [0.25, 0.3) is 0 Å². The van der Waals surface area contributed by atoms with Gasteiger partial charge in [0.25, 0.3) is 0 Å². The molecule has 9 heavy (non-hydrogen) atoms. The van der Waals surface area contributed by atoms with Gasteiger partial charge in [-0.05, 0) is 6.08 Å². The van der Waals surface area contributed by atoms with Crippen LogP contribution in [0.3, 0.4) is 0 Å². The summed E-state index contributed by atoms with van der Waals surface area (Å²) in [6.45, 7) is 4.13. The summed E-state index contributed by atoms with van der Waals surface area (Å²) in [5, 5.41) is 9.05. The Bertz CT molecular complexity index is 138. The van der Waals surface area contributed by atoms with Gasteiger partial charge in [0.2, 0.25) is 0 Å². The monoisotopic (exact) mass is 126 g/mol. The van der Waals surface area contributed by atoms with E-state index in [1.165, 1.54) is 6.08 Å². The van der Waals surface area contributed by atoms with E-state index in [0.717, 1.165) is 6.42 Å². The second-order valence-electron chi connectivity index (χ2n) is 1.92. The van der Waals surface area contributed by atoms with Crippen molar-refractivity contribution >= 4 is 0 Å². The van der Waals surface area contributed by atoms with E-state index < -0.39 is 6.10 Å². The Morgan fingerprint density at radius 3 is 3.11 bits per heavy atom. The highest BCUT2D eigenvalue weighted by molar-refractivity contribution is 5.09. The van der Waals surface area contributed by atoms with Crippen LogP contribution in [-0.4, -0.2) is 17.8 Å². The van der Waals surface area contributed by atoms with E-state index in [9.17, 15) is 0 Å². The zero-order chi connectivity index (χ0) is 6.69. The minimum atomic E-state index is -0.604. The van der Waals surface area contributed by atoms with E-state index >= 15 is 0 Å². The van der Waals surface area contributed by atoms with Gasteiger partial charge in [-0.1, -0.05) is 6.08 Å². The van der Waals surface area contributed by atoms with Gasteiger partial charge in [-0.25, -0.2) is 0 Å². The van der Waals surface area contributed by atoms with Gasteiger partial charge in [0, 0.05) is 6.42 Å². The molecule has 2 heteroatoms. The van der Waals surface area contributed by atoms with E-state index in [4.69, 9.17) is 9.84 Å². The Hall–Kier alpha value is -0.760. The fourth-order valence-electron chi connectivity index (χ4n) is 0.759. The summed E-state index contributed by atoms with van der Waals surface area (Å²) in [6, 6.07) is 0. The van der Waals surface area contributed by atoms with Crippen molar-refractivity contribution in [1.82, 2.24) is 0 Å². The van der Waals surface area contributed by atoms with Crippen molar-refractivity contribution in [2.24, 2.45) is 0 Å². The van der Waals surface area contributed by atoms with Gasteiger partial charge in [-0.3, -0.25) is 0 Å². The molecule has 1 aliphatic rings. The van der Waals surface area contributed by atoms with Crippen LogP contribution in [-0.2, 0) is 4.74 Å². The van der Waals surface area contributed by atoms with Crippen LogP contribution in [0.15, 0.2) is 24.5 Å². The quantitative estimate of drug-likeness (QED) is 0.555. The summed E-state index contributed by atoms with van der Waals surface area (Å²) in [5.74, 6) is 0.644. The predicted molar refractivity (Wildman–Crippen MR) is 34.9 cm³/mol. The van der Waals surface area contributed by atoms with Crippen molar-refractivity contribution < 1.29 is 9.84 Å². The van der Waals surface area contributed by atoms with Gasteiger partial charge in [-0.15, -0.1) is 6.58 Å². The lowest BCUT2D eigenvalue weighted by Gasteiger charge is -2.05. The molecule has 0 aromatic heterocycles. The van der Waals surface area contributed by atoms with Crippen LogP contribution in [0.1, 0.15) is 6.42 Å². The van der Waals surface area contributed by atoms with Crippen molar-refractivity contribution in [3.05, 3.63) is 24.5 Å². The maximum absolute atomic E-state index is 9.05. The number of hydrogen-bond donors (Lipinski definition) is 1. The first-order chi connectivity index (χ1) is 4.34. The molecule has 1 heterocycles. The van der Waals surface area contributed by atoms with E-state index in [1.54, 1.807) is 0 Å². The number of aliphatic hydroxyl groups is 1. The van der Waals surface area contributed by atoms with E-state index in [1.807, 2.05) is 6.08 Å². The lowest BCUT2D eigenvalue weighted by molar-refractivity contribution is 0.147. The third-order valence-electron chi connectivity index (χ3n) is 1.25.